The third-order valence-electron chi connectivity index (χ3n) is 1.24. The van der Waals surface area contributed by atoms with E-state index < -0.39 is 5.60 Å². The lowest BCUT2D eigenvalue weighted by atomic mass is 10.2. The second-order valence-corrected chi connectivity index (χ2v) is 3.89. The Morgan fingerprint density at radius 3 is 2.38 bits per heavy atom. The Labute approximate surface area is 80.2 Å². The molecule has 0 saturated heterocycles. The van der Waals surface area contributed by atoms with Gasteiger partial charge in [0.1, 0.15) is 5.60 Å². The highest BCUT2D eigenvalue weighted by Crippen LogP contribution is 2.09. The molecule has 0 aliphatic carbocycles. The fraction of sp³-hybridized carbons (Fsp3) is 0.700. The van der Waals surface area contributed by atoms with Gasteiger partial charge in [0.25, 0.3) is 0 Å². The molecule has 0 atom stereocenters. The minimum atomic E-state index is -0.418. The van der Waals surface area contributed by atoms with Crippen molar-refractivity contribution in [2.45, 2.75) is 40.2 Å². The predicted molar refractivity (Wildman–Crippen MR) is 53.3 cm³/mol. The van der Waals surface area contributed by atoms with Gasteiger partial charge in [0.15, 0.2) is 0 Å². The summed E-state index contributed by atoms with van der Waals surface area (Å²) in [4.78, 5) is 11.3. The normalized spacial score (nSPS) is 12.5. The maximum Gasteiger partial charge on any atom is 0.335 e. The molecule has 0 radical (unpaired) electrons. The molecule has 3 heteroatoms. The van der Waals surface area contributed by atoms with Crippen LogP contribution in [0.4, 0.5) is 0 Å². The van der Waals surface area contributed by atoms with Gasteiger partial charge in [0, 0.05) is 18.3 Å². The van der Waals surface area contributed by atoms with Gasteiger partial charge < -0.3 is 10.1 Å². The van der Waals surface area contributed by atoms with E-state index in [2.05, 4.69) is 5.32 Å². The molecule has 0 aromatic rings. The van der Waals surface area contributed by atoms with E-state index >= 15 is 0 Å². The molecule has 0 aliphatic rings. The largest absolute Gasteiger partial charge is 0.457 e. The monoisotopic (exact) mass is 185 g/mol. The molecule has 3 nitrogen and oxygen atoms in total. The average Bonchev–Trinajstić information content (AvgIpc) is 1.96. The van der Waals surface area contributed by atoms with Crippen LogP contribution in [0.2, 0.25) is 0 Å². The molecule has 0 spiro atoms. The molecular formula is C10H19NO2. The summed E-state index contributed by atoms with van der Waals surface area (Å²) in [5, 5.41) is 2.95. The number of hydrogen-bond donors (Lipinski definition) is 1. The van der Waals surface area contributed by atoms with E-state index in [0.29, 0.717) is 5.57 Å². The third-order valence-corrected chi connectivity index (χ3v) is 1.24. The van der Waals surface area contributed by atoms with Crippen molar-refractivity contribution >= 4 is 5.97 Å². The summed E-state index contributed by atoms with van der Waals surface area (Å²) < 4.78 is 5.15. The molecule has 13 heavy (non-hydrogen) atoms. The number of hydrogen-bond acceptors (Lipinski definition) is 3. The van der Waals surface area contributed by atoms with Crippen LogP contribution in [-0.4, -0.2) is 18.1 Å². The van der Waals surface area contributed by atoms with Gasteiger partial charge in [-0.1, -0.05) is 0 Å². The molecule has 0 saturated carbocycles. The lowest BCUT2D eigenvalue weighted by Gasteiger charge is -2.19. The van der Waals surface area contributed by atoms with E-state index in [1.165, 1.54) is 0 Å². The van der Waals surface area contributed by atoms with Crippen molar-refractivity contribution in [1.82, 2.24) is 5.32 Å². The van der Waals surface area contributed by atoms with Crippen LogP contribution in [0, 0.1) is 0 Å². The van der Waals surface area contributed by atoms with Crippen molar-refractivity contribution in [3.8, 4) is 0 Å². The fourth-order valence-electron chi connectivity index (χ4n) is 0.673. The second kappa shape index (κ2) is 4.90. The third kappa shape index (κ3) is 6.20. The molecular weight excluding hydrogens is 166 g/mol. The van der Waals surface area contributed by atoms with Crippen molar-refractivity contribution in [1.29, 1.82) is 0 Å². The van der Waals surface area contributed by atoms with Gasteiger partial charge >= 0.3 is 5.97 Å². The summed E-state index contributed by atoms with van der Waals surface area (Å²) in [5.41, 5.74) is 0.176. The summed E-state index contributed by atoms with van der Waals surface area (Å²) in [6.45, 7) is 10.1. The highest BCUT2D eigenvalue weighted by molar-refractivity contribution is 5.87. The number of nitrogens with one attached hydrogen (secondary N) is 1. The number of carbonyl (C=O) groups is 1. The highest BCUT2D eigenvalue weighted by atomic mass is 16.6. The van der Waals surface area contributed by atoms with Crippen LogP contribution in [-0.2, 0) is 9.53 Å². The van der Waals surface area contributed by atoms with Gasteiger partial charge in [-0.25, -0.2) is 4.79 Å². The summed E-state index contributed by atoms with van der Waals surface area (Å²) >= 11 is 0. The van der Waals surface area contributed by atoms with E-state index in [1.807, 2.05) is 27.7 Å². The Morgan fingerprint density at radius 2 is 2.00 bits per heavy atom. The SMILES string of the molecule is CCNC=C(C)C(=O)OC(C)(C)C. The molecule has 76 valence electrons. The average molecular weight is 185 g/mol. The zero-order chi connectivity index (χ0) is 10.5. The van der Waals surface area contributed by atoms with Gasteiger partial charge in [-0.05, 0) is 34.6 Å². The lowest BCUT2D eigenvalue weighted by Crippen LogP contribution is -2.24. The molecule has 0 fully saturated rings. The molecule has 0 aromatic heterocycles. The van der Waals surface area contributed by atoms with Crippen LogP contribution in [0.3, 0.4) is 0 Å². The quantitative estimate of drug-likeness (QED) is 0.538. The summed E-state index contributed by atoms with van der Waals surface area (Å²) in [6, 6.07) is 0. The van der Waals surface area contributed by atoms with Crippen LogP contribution in [0.15, 0.2) is 11.8 Å². The Hall–Kier alpha value is -0.990. The first-order chi connectivity index (χ1) is 5.87. The van der Waals surface area contributed by atoms with E-state index in [-0.39, 0.29) is 5.97 Å². The molecule has 0 bridgehead atoms. The summed E-state index contributed by atoms with van der Waals surface area (Å²) in [5.74, 6) is -0.270. The van der Waals surface area contributed by atoms with Gasteiger partial charge in [-0.15, -0.1) is 0 Å². The minimum Gasteiger partial charge on any atom is -0.457 e. The van der Waals surface area contributed by atoms with Crippen molar-refractivity contribution in [3.05, 3.63) is 11.8 Å². The van der Waals surface area contributed by atoms with Gasteiger partial charge in [0.2, 0.25) is 0 Å². The molecule has 0 amide bonds. The zero-order valence-corrected chi connectivity index (χ0v) is 9.10. The van der Waals surface area contributed by atoms with E-state index in [4.69, 9.17) is 4.74 Å². The van der Waals surface area contributed by atoms with Crippen molar-refractivity contribution in [3.63, 3.8) is 0 Å². The number of carbonyl (C=O) groups excluding carboxylic acids is 1. The van der Waals surface area contributed by atoms with Crippen LogP contribution in [0.1, 0.15) is 34.6 Å². The molecule has 0 aromatic carbocycles. The van der Waals surface area contributed by atoms with Crippen LogP contribution in [0.5, 0.6) is 0 Å². The Balaban J connectivity index is 4.12. The zero-order valence-electron chi connectivity index (χ0n) is 9.10. The van der Waals surface area contributed by atoms with Crippen LogP contribution >= 0.6 is 0 Å². The summed E-state index contributed by atoms with van der Waals surface area (Å²) in [6.07, 6.45) is 1.67. The van der Waals surface area contributed by atoms with E-state index in [1.54, 1.807) is 13.1 Å². The van der Waals surface area contributed by atoms with Crippen molar-refractivity contribution < 1.29 is 9.53 Å². The molecule has 0 aliphatic heterocycles. The Kier molecular flexibility index (Phi) is 4.52. The molecule has 0 rings (SSSR count). The Morgan fingerprint density at radius 1 is 1.46 bits per heavy atom. The first-order valence-electron chi connectivity index (χ1n) is 4.50. The van der Waals surface area contributed by atoms with Crippen LogP contribution < -0.4 is 5.32 Å². The Bertz CT molecular complexity index is 201. The highest BCUT2D eigenvalue weighted by Gasteiger charge is 2.16. The van der Waals surface area contributed by atoms with E-state index in [9.17, 15) is 4.79 Å². The van der Waals surface area contributed by atoms with Gasteiger partial charge in [-0.3, -0.25) is 0 Å². The molecule has 0 heterocycles. The second-order valence-electron chi connectivity index (χ2n) is 3.89. The lowest BCUT2D eigenvalue weighted by molar-refractivity contribution is -0.149. The molecule has 1 N–H and O–H groups in total. The van der Waals surface area contributed by atoms with Crippen molar-refractivity contribution in [2.24, 2.45) is 0 Å². The fourth-order valence-corrected chi connectivity index (χ4v) is 0.673. The number of rotatable bonds is 3. The summed E-state index contributed by atoms with van der Waals surface area (Å²) in [7, 11) is 0. The number of esters is 1. The standard InChI is InChI=1S/C10H19NO2/c1-6-11-7-8(2)9(12)13-10(3,4)5/h7,11H,6H2,1-5H3. The maximum atomic E-state index is 11.3. The van der Waals surface area contributed by atoms with Gasteiger partial charge in [-0.2, -0.15) is 0 Å². The predicted octanol–water partition coefficient (Wildman–Crippen LogP) is 1.84. The first kappa shape index (κ1) is 12.0. The topological polar surface area (TPSA) is 38.3 Å². The van der Waals surface area contributed by atoms with Gasteiger partial charge in [0.05, 0.1) is 0 Å². The van der Waals surface area contributed by atoms with E-state index in [0.717, 1.165) is 6.54 Å². The maximum absolute atomic E-state index is 11.3. The smallest absolute Gasteiger partial charge is 0.335 e. The number of ether oxygens (including phenoxy) is 1. The van der Waals surface area contributed by atoms with Crippen LogP contribution in [0.25, 0.3) is 0 Å². The van der Waals surface area contributed by atoms with Crippen molar-refractivity contribution in [2.75, 3.05) is 6.54 Å². The minimum absolute atomic E-state index is 0.270. The molecule has 0 unspecified atom stereocenters. The first-order valence-corrected chi connectivity index (χ1v) is 4.50.